The van der Waals surface area contributed by atoms with Crippen molar-refractivity contribution in [2.75, 3.05) is 19.6 Å². The van der Waals surface area contributed by atoms with E-state index in [1.807, 2.05) is 0 Å². The van der Waals surface area contributed by atoms with Gasteiger partial charge in [0.25, 0.3) is 0 Å². The van der Waals surface area contributed by atoms with E-state index in [1.54, 1.807) is 0 Å². The third-order valence-electron chi connectivity index (χ3n) is 2.94. The second kappa shape index (κ2) is 6.07. The van der Waals surface area contributed by atoms with Crippen LogP contribution >= 0.6 is 0 Å². The molecule has 104 valence electrons. The van der Waals surface area contributed by atoms with Crippen molar-refractivity contribution in [3.05, 3.63) is 0 Å². The first kappa shape index (κ1) is 14.8. The van der Waals surface area contributed by atoms with Crippen molar-refractivity contribution in [3.63, 3.8) is 0 Å². The average Bonchev–Trinajstić information content (AvgIpc) is 2.97. The van der Waals surface area contributed by atoms with E-state index in [-0.39, 0.29) is 18.0 Å². The molecular weight excluding hydrogens is 232 g/mol. The quantitative estimate of drug-likeness (QED) is 0.763. The Morgan fingerprint density at radius 3 is 2.39 bits per heavy atom. The summed E-state index contributed by atoms with van der Waals surface area (Å²) in [6.45, 7) is 7.27. The van der Waals surface area contributed by atoms with Crippen molar-refractivity contribution in [3.8, 4) is 0 Å². The lowest BCUT2D eigenvalue weighted by Crippen LogP contribution is -2.44. The normalized spacial score (nSPS) is 15.3. The zero-order chi connectivity index (χ0) is 13.8. The molecule has 0 aliphatic heterocycles. The van der Waals surface area contributed by atoms with Crippen molar-refractivity contribution < 1.29 is 14.7 Å². The van der Waals surface area contributed by atoms with Crippen LogP contribution in [0, 0.1) is 11.3 Å². The minimum Gasteiger partial charge on any atom is -0.480 e. The molecule has 0 atom stereocenters. The molecule has 0 heterocycles. The molecule has 1 saturated carbocycles. The predicted molar refractivity (Wildman–Crippen MR) is 69.4 cm³/mol. The lowest BCUT2D eigenvalue weighted by Gasteiger charge is -2.23. The molecule has 0 unspecified atom stereocenters. The Kier molecular flexibility index (Phi) is 4.99. The van der Waals surface area contributed by atoms with E-state index in [0.29, 0.717) is 19.0 Å². The number of aliphatic carboxylic acids is 1. The van der Waals surface area contributed by atoms with E-state index in [2.05, 4.69) is 26.1 Å². The molecule has 2 N–H and O–H groups in total. The summed E-state index contributed by atoms with van der Waals surface area (Å²) in [4.78, 5) is 24.0. The van der Waals surface area contributed by atoms with E-state index in [9.17, 15) is 9.59 Å². The van der Waals surface area contributed by atoms with E-state index in [4.69, 9.17) is 5.11 Å². The van der Waals surface area contributed by atoms with Crippen molar-refractivity contribution in [1.29, 1.82) is 0 Å². The number of hydrogen-bond acceptors (Lipinski definition) is 2. The van der Waals surface area contributed by atoms with Crippen molar-refractivity contribution >= 4 is 12.0 Å². The number of carbonyl (C=O) groups excluding carboxylic acids is 1. The highest BCUT2D eigenvalue weighted by Crippen LogP contribution is 2.29. The van der Waals surface area contributed by atoms with E-state index < -0.39 is 5.97 Å². The molecule has 0 saturated heterocycles. The molecule has 0 bridgehead atoms. The van der Waals surface area contributed by atoms with Crippen molar-refractivity contribution in [1.82, 2.24) is 10.2 Å². The molecule has 5 heteroatoms. The summed E-state index contributed by atoms with van der Waals surface area (Å²) in [6.07, 6.45) is 3.08. The fourth-order valence-corrected chi connectivity index (χ4v) is 1.65. The summed E-state index contributed by atoms with van der Waals surface area (Å²) < 4.78 is 0. The van der Waals surface area contributed by atoms with Gasteiger partial charge in [0.15, 0.2) is 0 Å². The van der Waals surface area contributed by atoms with Crippen LogP contribution < -0.4 is 5.32 Å². The lowest BCUT2D eigenvalue weighted by molar-refractivity contribution is -0.137. The molecule has 2 amide bonds. The molecule has 0 aromatic heterocycles. The molecule has 1 aliphatic rings. The van der Waals surface area contributed by atoms with Gasteiger partial charge >= 0.3 is 12.0 Å². The zero-order valence-electron chi connectivity index (χ0n) is 11.5. The molecule has 1 rings (SSSR count). The van der Waals surface area contributed by atoms with Crippen LogP contribution in [-0.4, -0.2) is 41.6 Å². The fourth-order valence-electron chi connectivity index (χ4n) is 1.65. The molecule has 0 spiro atoms. The van der Waals surface area contributed by atoms with E-state index in [1.165, 1.54) is 4.90 Å². The summed E-state index contributed by atoms with van der Waals surface area (Å²) in [5.41, 5.74) is 0.168. The zero-order valence-corrected chi connectivity index (χ0v) is 11.5. The minimum absolute atomic E-state index is 0.168. The maximum absolute atomic E-state index is 11.9. The first-order valence-electron chi connectivity index (χ1n) is 6.52. The predicted octanol–water partition coefficient (Wildman–Crippen LogP) is 1.93. The van der Waals surface area contributed by atoms with Gasteiger partial charge in [-0.25, -0.2) is 4.79 Å². The van der Waals surface area contributed by atoms with Crippen LogP contribution in [0.15, 0.2) is 0 Å². The van der Waals surface area contributed by atoms with Crippen molar-refractivity contribution in [2.45, 2.75) is 40.0 Å². The van der Waals surface area contributed by atoms with Gasteiger partial charge in [0.05, 0.1) is 0 Å². The molecule has 1 aliphatic carbocycles. The van der Waals surface area contributed by atoms with Crippen LogP contribution in [0.2, 0.25) is 0 Å². The number of carboxylic acids is 1. The standard InChI is InChI=1S/C13H24N2O3/c1-13(2,3)6-7-14-12(18)15(9-11(16)17)8-10-4-5-10/h10H,4-9H2,1-3H3,(H,14,18)(H,16,17). The average molecular weight is 256 g/mol. The maximum atomic E-state index is 11.9. The minimum atomic E-state index is -0.957. The van der Waals surface area contributed by atoms with Crippen LogP contribution in [0.1, 0.15) is 40.0 Å². The molecule has 5 nitrogen and oxygen atoms in total. The highest BCUT2D eigenvalue weighted by atomic mass is 16.4. The van der Waals surface area contributed by atoms with Crippen LogP contribution in [0.5, 0.6) is 0 Å². The third-order valence-corrected chi connectivity index (χ3v) is 2.94. The highest BCUT2D eigenvalue weighted by Gasteiger charge is 2.27. The molecule has 0 radical (unpaired) electrons. The summed E-state index contributed by atoms with van der Waals surface area (Å²) in [5, 5.41) is 11.6. The van der Waals surface area contributed by atoms with Gasteiger partial charge in [0, 0.05) is 13.1 Å². The molecule has 1 fully saturated rings. The number of urea groups is 1. The van der Waals surface area contributed by atoms with Crippen LogP contribution in [0.4, 0.5) is 4.79 Å². The number of carbonyl (C=O) groups is 2. The van der Waals surface area contributed by atoms with E-state index >= 15 is 0 Å². The Hall–Kier alpha value is -1.26. The SMILES string of the molecule is CC(C)(C)CCNC(=O)N(CC(=O)O)CC1CC1. The number of nitrogens with zero attached hydrogens (tertiary/aromatic N) is 1. The van der Waals surface area contributed by atoms with Gasteiger partial charge in [0.2, 0.25) is 0 Å². The molecule has 0 aromatic rings. The smallest absolute Gasteiger partial charge is 0.323 e. The Morgan fingerprint density at radius 2 is 1.94 bits per heavy atom. The van der Waals surface area contributed by atoms with Gasteiger partial charge < -0.3 is 15.3 Å². The Balaban J connectivity index is 2.35. The Labute approximate surface area is 109 Å². The second-order valence-electron chi connectivity index (χ2n) is 6.26. The Bertz CT molecular complexity index is 306. The van der Waals surface area contributed by atoms with Crippen LogP contribution in [0.3, 0.4) is 0 Å². The first-order valence-corrected chi connectivity index (χ1v) is 6.52. The Morgan fingerprint density at radius 1 is 1.33 bits per heavy atom. The van der Waals surface area contributed by atoms with Gasteiger partial charge in [-0.05, 0) is 30.6 Å². The third kappa shape index (κ3) is 6.47. The summed E-state index contributed by atoms with van der Waals surface area (Å²) >= 11 is 0. The fraction of sp³-hybridized carbons (Fsp3) is 0.846. The summed E-state index contributed by atoms with van der Waals surface area (Å²) in [5.74, 6) is -0.459. The summed E-state index contributed by atoms with van der Waals surface area (Å²) in [6, 6.07) is -0.256. The van der Waals surface area contributed by atoms with Crippen LogP contribution in [0.25, 0.3) is 0 Å². The first-order chi connectivity index (χ1) is 8.28. The highest BCUT2D eigenvalue weighted by molar-refractivity contribution is 5.80. The number of carboxylic acid groups (broad SMARTS) is 1. The number of nitrogens with one attached hydrogen (secondary N) is 1. The number of amides is 2. The van der Waals surface area contributed by atoms with Crippen molar-refractivity contribution in [2.24, 2.45) is 11.3 Å². The molecule has 18 heavy (non-hydrogen) atoms. The lowest BCUT2D eigenvalue weighted by atomic mass is 9.92. The van der Waals surface area contributed by atoms with Gasteiger partial charge in [0.1, 0.15) is 6.54 Å². The van der Waals surface area contributed by atoms with Gasteiger partial charge in [-0.15, -0.1) is 0 Å². The monoisotopic (exact) mass is 256 g/mol. The second-order valence-corrected chi connectivity index (χ2v) is 6.26. The number of hydrogen-bond donors (Lipinski definition) is 2. The summed E-state index contributed by atoms with van der Waals surface area (Å²) in [7, 11) is 0. The van der Waals surface area contributed by atoms with Crippen LogP contribution in [-0.2, 0) is 4.79 Å². The van der Waals surface area contributed by atoms with Gasteiger partial charge in [-0.1, -0.05) is 20.8 Å². The molecule has 0 aromatic carbocycles. The van der Waals surface area contributed by atoms with E-state index in [0.717, 1.165) is 19.3 Å². The number of rotatable bonds is 6. The maximum Gasteiger partial charge on any atom is 0.323 e. The topological polar surface area (TPSA) is 69.6 Å². The van der Waals surface area contributed by atoms with Gasteiger partial charge in [-0.3, -0.25) is 4.79 Å². The largest absolute Gasteiger partial charge is 0.480 e. The molecular formula is C13H24N2O3. The van der Waals surface area contributed by atoms with Gasteiger partial charge in [-0.2, -0.15) is 0 Å².